The maximum Gasteiger partial charge on any atom is 0.254 e. The SMILES string of the molecule is CO[C@@]12CC[C@H](O)C[C@@H]1N(C(=O)c1cccc(Cn3cccn3)c1)CC2. The van der Waals surface area contributed by atoms with Gasteiger partial charge < -0.3 is 14.7 Å². The Bertz CT molecular complexity index is 776. The molecule has 1 saturated heterocycles. The number of fused-ring (bicyclic) bond motifs is 1. The molecule has 2 aromatic rings. The molecule has 3 atom stereocenters. The molecule has 138 valence electrons. The molecule has 1 aliphatic carbocycles. The van der Waals surface area contributed by atoms with Crippen LogP contribution >= 0.6 is 0 Å². The minimum atomic E-state index is -0.358. The van der Waals surface area contributed by atoms with E-state index in [-0.39, 0.29) is 23.7 Å². The number of nitrogens with zero attached hydrogens (tertiary/aromatic N) is 3. The van der Waals surface area contributed by atoms with Gasteiger partial charge in [0.15, 0.2) is 0 Å². The van der Waals surface area contributed by atoms with E-state index in [9.17, 15) is 9.90 Å². The van der Waals surface area contributed by atoms with Crippen LogP contribution in [0.4, 0.5) is 0 Å². The highest BCUT2D eigenvalue weighted by molar-refractivity contribution is 5.95. The zero-order valence-corrected chi connectivity index (χ0v) is 15.0. The molecule has 6 nitrogen and oxygen atoms in total. The van der Waals surface area contributed by atoms with E-state index in [4.69, 9.17) is 4.74 Å². The van der Waals surface area contributed by atoms with E-state index in [1.54, 1.807) is 13.3 Å². The summed E-state index contributed by atoms with van der Waals surface area (Å²) in [4.78, 5) is 15.1. The second kappa shape index (κ2) is 6.85. The quantitative estimate of drug-likeness (QED) is 0.912. The third kappa shape index (κ3) is 3.04. The molecule has 6 heteroatoms. The fourth-order valence-corrected chi connectivity index (χ4v) is 4.47. The number of methoxy groups -OCH3 is 1. The molecule has 0 radical (unpaired) electrons. The molecule has 0 spiro atoms. The number of benzene rings is 1. The van der Waals surface area contributed by atoms with Crippen molar-refractivity contribution in [1.29, 1.82) is 0 Å². The van der Waals surface area contributed by atoms with Crippen LogP contribution in [0.1, 0.15) is 41.6 Å². The lowest BCUT2D eigenvalue weighted by Crippen LogP contribution is -2.52. The molecule has 0 bridgehead atoms. The number of ether oxygens (including phenoxy) is 1. The van der Waals surface area contributed by atoms with Crippen LogP contribution in [0.2, 0.25) is 0 Å². The first-order chi connectivity index (χ1) is 12.6. The van der Waals surface area contributed by atoms with E-state index in [0.29, 0.717) is 25.1 Å². The zero-order valence-electron chi connectivity index (χ0n) is 15.0. The van der Waals surface area contributed by atoms with Crippen LogP contribution in [0, 0.1) is 0 Å². The number of aromatic nitrogens is 2. The summed E-state index contributed by atoms with van der Waals surface area (Å²) in [6.07, 6.45) is 6.27. The van der Waals surface area contributed by atoms with Gasteiger partial charge >= 0.3 is 0 Å². The van der Waals surface area contributed by atoms with Gasteiger partial charge in [-0.05, 0) is 49.4 Å². The number of rotatable bonds is 4. The fraction of sp³-hybridized carbons (Fsp3) is 0.500. The number of aliphatic hydroxyl groups is 1. The number of aliphatic hydroxyl groups excluding tert-OH is 1. The smallest absolute Gasteiger partial charge is 0.254 e. The lowest BCUT2D eigenvalue weighted by Gasteiger charge is -2.42. The molecule has 1 aliphatic heterocycles. The third-order valence-electron chi connectivity index (χ3n) is 5.90. The van der Waals surface area contributed by atoms with Crippen LogP contribution < -0.4 is 0 Å². The van der Waals surface area contributed by atoms with Gasteiger partial charge in [-0.3, -0.25) is 9.48 Å². The summed E-state index contributed by atoms with van der Waals surface area (Å²) < 4.78 is 7.68. The van der Waals surface area contributed by atoms with E-state index in [0.717, 1.165) is 24.8 Å². The zero-order chi connectivity index (χ0) is 18.1. The average Bonchev–Trinajstić information content (AvgIpc) is 3.29. The van der Waals surface area contributed by atoms with Crippen molar-refractivity contribution in [2.24, 2.45) is 0 Å². The molecule has 1 aromatic heterocycles. The lowest BCUT2D eigenvalue weighted by atomic mass is 9.79. The second-order valence-corrected chi connectivity index (χ2v) is 7.37. The van der Waals surface area contributed by atoms with Crippen LogP contribution in [-0.2, 0) is 11.3 Å². The normalized spacial score (nSPS) is 28.2. The van der Waals surface area contributed by atoms with Crippen molar-refractivity contribution in [3.63, 3.8) is 0 Å². The molecular formula is C20H25N3O3. The summed E-state index contributed by atoms with van der Waals surface area (Å²) in [6, 6.07) is 9.56. The van der Waals surface area contributed by atoms with Crippen molar-refractivity contribution in [2.75, 3.05) is 13.7 Å². The molecule has 1 amide bonds. The van der Waals surface area contributed by atoms with Crippen LogP contribution in [0.25, 0.3) is 0 Å². The van der Waals surface area contributed by atoms with Gasteiger partial charge in [0.05, 0.1) is 24.3 Å². The Balaban J connectivity index is 1.56. The third-order valence-corrected chi connectivity index (χ3v) is 5.90. The largest absolute Gasteiger partial charge is 0.393 e. The standard InChI is InChI=1S/C20H25N3O3/c1-26-20-7-6-17(24)13-18(20)23(11-8-20)19(25)16-5-2-4-15(12-16)14-22-10-3-9-21-22/h2-5,9-10,12,17-18,24H,6-8,11,13-14H2,1H3/t17-,18-,20+/m0/s1. The van der Waals surface area contributed by atoms with Crippen LogP contribution in [0.5, 0.6) is 0 Å². The Labute approximate surface area is 153 Å². The number of carbonyl (C=O) groups is 1. The molecule has 0 unspecified atom stereocenters. The van der Waals surface area contributed by atoms with E-state index in [2.05, 4.69) is 5.10 Å². The van der Waals surface area contributed by atoms with Gasteiger partial charge in [0, 0.05) is 31.6 Å². The predicted molar refractivity (Wildman–Crippen MR) is 96.8 cm³/mol. The Kier molecular flexibility index (Phi) is 4.54. The number of hydrogen-bond acceptors (Lipinski definition) is 4. The molecule has 2 aliphatic rings. The number of carbonyl (C=O) groups excluding carboxylic acids is 1. The van der Waals surface area contributed by atoms with Gasteiger partial charge in [-0.2, -0.15) is 5.10 Å². The highest BCUT2D eigenvalue weighted by Crippen LogP contribution is 2.42. The Hall–Kier alpha value is -2.18. The van der Waals surface area contributed by atoms with Gasteiger partial charge in [-0.15, -0.1) is 0 Å². The topological polar surface area (TPSA) is 67.6 Å². The van der Waals surface area contributed by atoms with Crippen LogP contribution in [-0.4, -0.2) is 57.1 Å². The molecule has 2 fully saturated rings. The van der Waals surface area contributed by atoms with Gasteiger partial charge in [0.25, 0.3) is 5.91 Å². The molecular weight excluding hydrogens is 330 g/mol. The van der Waals surface area contributed by atoms with Crippen LogP contribution in [0.3, 0.4) is 0 Å². The summed E-state index contributed by atoms with van der Waals surface area (Å²) in [7, 11) is 1.73. The van der Waals surface area contributed by atoms with E-state index in [1.165, 1.54) is 0 Å². The van der Waals surface area contributed by atoms with Crippen molar-refractivity contribution >= 4 is 5.91 Å². The minimum absolute atomic E-state index is 0.0188. The van der Waals surface area contributed by atoms with Gasteiger partial charge in [-0.25, -0.2) is 0 Å². The first-order valence-corrected chi connectivity index (χ1v) is 9.22. The maximum absolute atomic E-state index is 13.2. The number of hydrogen-bond donors (Lipinski definition) is 1. The maximum atomic E-state index is 13.2. The first kappa shape index (κ1) is 17.2. The highest BCUT2D eigenvalue weighted by Gasteiger charge is 2.52. The first-order valence-electron chi connectivity index (χ1n) is 9.22. The minimum Gasteiger partial charge on any atom is -0.393 e. The van der Waals surface area contributed by atoms with E-state index < -0.39 is 0 Å². The summed E-state index contributed by atoms with van der Waals surface area (Å²) in [5, 5.41) is 14.3. The predicted octanol–water partition coefficient (Wildman–Crippen LogP) is 2.08. The van der Waals surface area contributed by atoms with Crippen molar-refractivity contribution in [3.8, 4) is 0 Å². The Morgan fingerprint density at radius 3 is 3.04 bits per heavy atom. The molecule has 26 heavy (non-hydrogen) atoms. The molecule has 1 aromatic carbocycles. The molecule has 1 saturated carbocycles. The Morgan fingerprint density at radius 2 is 2.27 bits per heavy atom. The Morgan fingerprint density at radius 1 is 1.38 bits per heavy atom. The summed E-state index contributed by atoms with van der Waals surface area (Å²) in [6.45, 7) is 1.31. The van der Waals surface area contributed by atoms with Gasteiger partial charge in [0.1, 0.15) is 0 Å². The monoisotopic (exact) mass is 355 g/mol. The second-order valence-electron chi connectivity index (χ2n) is 7.37. The van der Waals surface area contributed by atoms with Crippen molar-refractivity contribution in [3.05, 3.63) is 53.9 Å². The highest BCUT2D eigenvalue weighted by atomic mass is 16.5. The summed E-state index contributed by atoms with van der Waals surface area (Å²) in [5.74, 6) is 0.0188. The van der Waals surface area contributed by atoms with Crippen molar-refractivity contribution in [2.45, 2.75) is 50.0 Å². The van der Waals surface area contributed by atoms with Crippen molar-refractivity contribution < 1.29 is 14.6 Å². The van der Waals surface area contributed by atoms with Gasteiger partial charge in [-0.1, -0.05) is 12.1 Å². The molecule has 4 rings (SSSR count). The van der Waals surface area contributed by atoms with Gasteiger partial charge in [0.2, 0.25) is 0 Å². The summed E-state index contributed by atoms with van der Waals surface area (Å²) in [5.41, 5.74) is 1.42. The fourth-order valence-electron chi connectivity index (χ4n) is 4.47. The van der Waals surface area contributed by atoms with E-state index in [1.807, 2.05) is 46.1 Å². The molecule has 1 N–H and O–H groups in total. The molecule has 2 heterocycles. The average molecular weight is 355 g/mol. The summed E-state index contributed by atoms with van der Waals surface area (Å²) >= 11 is 0. The lowest BCUT2D eigenvalue weighted by molar-refractivity contribution is -0.0824. The van der Waals surface area contributed by atoms with E-state index >= 15 is 0 Å². The number of amides is 1. The van der Waals surface area contributed by atoms with Crippen molar-refractivity contribution in [1.82, 2.24) is 14.7 Å². The number of likely N-dealkylation sites (tertiary alicyclic amines) is 1. The van der Waals surface area contributed by atoms with Crippen LogP contribution in [0.15, 0.2) is 42.7 Å².